The van der Waals surface area contributed by atoms with Crippen LogP contribution in [0, 0.1) is 5.92 Å². The van der Waals surface area contributed by atoms with Gasteiger partial charge in [0.05, 0.1) is 6.54 Å². The highest BCUT2D eigenvalue weighted by molar-refractivity contribution is 5.86. The van der Waals surface area contributed by atoms with E-state index >= 15 is 0 Å². The average molecular weight is 218 g/mol. The lowest BCUT2D eigenvalue weighted by atomic mass is 9.92. The summed E-state index contributed by atoms with van der Waals surface area (Å²) in [5.74, 6) is 0.535. The third-order valence-electron chi connectivity index (χ3n) is 3.12. The summed E-state index contributed by atoms with van der Waals surface area (Å²) >= 11 is 0. The first-order valence-electron chi connectivity index (χ1n) is 5.96. The Morgan fingerprint density at radius 1 is 1.38 bits per heavy atom. The van der Waals surface area contributed by atoms with Crippen LogP contribution < -0.4 is 0 Å². The van der Waals surface area contributed by atoms with Gasteiger partial charge in [-0.05, 0) is 40.5 Å². The van der Waals surface area contributed by atoms with E-state index in [4.69, 9.17) is 0 Å². The van der Waals surface area contributed by atoms with Gasteiger partial charge in [0.25, 0.3) is 0 Å². The summed E-state index contributed by atoms with van der Waals surface area (Å²) < 4.78 is 0. The highest BCUT2D eigenvalue weighted by atomic mass is 14.8. The predicted molar refractivity (Wildman–Crippen MR) is 72.4 cm³/mol. The van der Waals surface area contributed by atoms with Crippen molar-refractivity contribution < 1.29 is 0 Å². The van der Waals surface area contributed by atoms with Crippen LogP contribution in [-0.2, 0) is 0 Å². The molecule has 1 heterocycles. The Hall–Kier alpha value is -1.18. The maximum Gasteiger partial charge on any atom is 0.0741 e. The molecule has 0 aromatic carbocycles. The lowest BCUT2D eigenvalue weighted by Crippen LogP contribution is -2.12. The molecule has 88 valence electrons. The summed E-state index contributed by atoms with van der Waals surface area (Å²) in [5, 5.41) is 0. The van der Waals surface area contributed by atoms with Gasteiger partial charge in [-0.3, -0.25) is 9.98 Å². The average Bonchev–Trinajstić information content (AvgIpc) is 2.32. The summed E-state index contributed by atoms with van der Waals surface area (Å²) in [4.78, 5) is 8.96. The van der Waals surface area contributed by atoms with Gasteiger partial charge in [0.1, 0.15) is 0 Å². The highest BCUT2D eigenvalue weighted by Crippen LogP contribution is 2.21. The lowest BCUT2D eigenvalue weighted by Gasteiger charge is -2.15. The lowest BCUT2D eigenvalue weighted by molar-refractivity contribution is 0.683. The van der Waals surface area contributed by atoms with Crippen LogP contribution in [0.15, 0.2) is 33.4 Å². The SMILES string of the molecule is C/C=C\CC1C/C(C)=C(\C)N=CCN=C1C. The van der Waals surface area contributed by atoms with Gasteiger partial charge in [0, 0.05) is 23.5 Å². The van der Waals surface area contributed by atoms with Crippen LogP contribution in [0.1, 0.15) is 40.5 Å². The van der Waals surface area contributed by atoms with Crippen molar-refractivity contribution in [3.8, 4) is 0 Å². The van der Waals surface area contributed by atoms with E-state index in [0.717, 1.165) is 18.5 Å². The second-order valence-electron chi connectivity index (χ2n) is 4.37. The van der Waals surface area contributed by atoms with Gasteiger partial charge in [0.2, 0.25) is 0 Å². The summed E-state index contributed by atoms with van der Waals surface area (Å²) in [7, 11) is 0. The van der Waals surface area contributed by atoms with Crippen molar-refractivity contribution in [2.75, 3.05) is 6.54 Å². The number of hydrogen-bond acceptors (Lipinski definition) is 2. The monoisotopic (exact) mass is 218 g/mol. The Balaban J connectivity index is 2.88. The van der Waals surface area contributed by atoms with Gasteiger partial charge in [0.15, 0.2) is 0 Å². The van der Waals surface area contributed by atoms with Crippen LogP contribution >= 0.6 is 0 Å². The molecule has 0 saturated carbocycles. The van der Waals surface area contributed by atoms with Gasteiger partial charge in [-0.15, -0.1) is 0 Å². The molecule has 0 aliphatic carbocycles. The standard InChI is InChI=1S/C14H22N2/c1-5-6-7-14-10-11(2)12(3)15-8-9-16-13(14)4/h5-6,8,14H,7,9-10H2,1-4H3/b6-5-,12-11+,15-8?,16-13?. The Morgan fingerprint density at radius 3 is 2.81 bits per heavy atom. The maximum absolute atomic E-state index is 4.55. The molecular formula is C14H22N2. The summed E-state index contributed by atoms with van der Waals surface area (Å²) in [6.07, 6.45) is 8.40. The van der Waals surface area contributed by atoms with Crippen molar-refractivity contribution >= 4 is 11.9 Å². The van der Waals surface area contributed by atoms with E-state index in [1.165, 1.54) is 11.3 Å². The Morgan fingerprint density at radius 2 is 2.12 bits per heavy atom. The second-order valence-corrected chi connectivity index (χ2v) is 4.37. The van der Waals surface area contributed by atoms with Gasteiger partial charge < -0.3 is 0 Å². The smallest absolute Gasteiger partial charge is 0.0741 e. The van der Waals surface area contributed by atoms with Gasteiger partial charge in [-0.2, -0.15) is 0 Å². The van der Waals surface area contributed by atoms with Crippen molar-refractivity contribution in [3.05, 3.63) is 23.4 Å². The second kappa shape index (κ2) is 6.41. The van der Waals surface area contributed by atoms with Crippen molar-refractivity contribution in [1.82, 2.24) is 0 Å². The normalized spacial score (nSPS) is 27.5. The molecule has 2 heteroatoms. The van der Waals surface area contributed by atoms with Gasteiger partial charge >= 0.3 is 0 Å². The van der Waals surface area contributed by atoms with E-state index in [9.17, 15) is 0 Å². The first-order valence-corrected chi connectivity index (χ1v) is 5.96. The van der Waals surface area contributed by atoms with Crippen LogP contribution in [0.3, 0.4) is 0 Å². The van der Waals surface area contributed by atoms with E-state index in [1.807, 2.05) is 6.21 Å². The number of aliphatic imine (C=N–C) groups is 2. The topological polar surface area (TPSA) is 24.7 Å². The van der Waals surface area contributed by atoms with Gasteiger partial charge in [-0.1, -0.05) is 17.7 Å². The molecule has 1 atom stereocenters. The zero-order chi connectivity index (χ0) is 12.0. The summed E-state index contributed by atoms with van der Waals surface area (Å²) in [6, 6.07) is 0. The molecule has 0 fully saturated rings. The van der Waals surface area contributed by atoms with Crippen LogP contribution in [-0.4, -0.2) is 18.5 Å². The molecule has 0 aromatic heterocycles. The molecule has 0 spiro atoms. The van der Waals surface area contributed by atoms with Crippen LogP contribution in [0.25, 0.3) is 0 Å². The molecule has 0 bridgehead atoms. The fourth-order valence-electron chi connectivity index (χ4n) is 1.82. The van der Waals surface area contributed by atoms with E-state index in [-0.39, 0.29) is 0 Å². The predicted octanol–water partition coefficient (Wildman–Crippen LogP) is 3.80. The minimum Gasteiger partial charge on any atom is -0.288 e. The molecule has 0 radical (unpaired) electrons. The molecule has 16 heavy (non-hydrogen) atoms. The minimum absolute atomic E-state index is 0.535. The summed E-state index contributed by atoms with van der Waals surface area (Å²) in [6.45, 7) is 9.17. The van der Waals surface area contributed by atoms with Crippen LogP contribution in [0.4, 0.5) is 0 Å². The van der Waals surface area contributed by atoms with Gasteiger partial charge in [-0.25, -0.2) is 0 Å². The number of rotatable bonds is 2. The first-order chi connectivity index (χ1) is 7.65. The van der Waals surface area contributed by atoms with Crippen LogP contribution in [0.5, 0.6) is 0 Å². The molecule has 0 amide bonds. The summed E-state index contributed by atoms with van der Waals surface area (Å²) in [5.41, 5.74) is 3.77. The minimum atomic E-state index is 0.535. The zero-order valence-electron chi connectivity index (χ0n) is 10.8. The molecule has 0 saturated heterocycles. The Labute approximate surface area is 98.9 Å². The third kappa shape index (κ3) is 3.76. The fourth-order valence-corrected chi connectivity index (χ4v) is 1.82. The molecule has 0 N–H and O–H groups in total. The fraction of sp³-hybridized carbons (Fsp3) is 0.571. The van der Waals surface area contributed by atoms with E-state index in [2.05, 4.69) is 49.8 Å². The molecular weight excluding hydrogens is 196 g/mol. The molecule has 0 aromatic rings. The maximum atomic E-state index is 4.55. The first kappa shape index (κ1) is 12.9. The Bertz CT molecular complexity index is 346. The number of hydrogen-bond donors (Lipinski definition) is 0. The molecule has 1 rings (SSSR count). The van der Waals surface area contributed by atoms with E-state index < -0.39 is 0 Å². The number of nitrogens with zero attached hydrogens (tertiary/aromatic N) is 2. The molecule has 2 nitrogen and oxygen atoms in total. The van der Waals surface area contributed by atoms with E-state index in [0.29, 0.717) is 12.5 Å². The van der Waals surface area contributed by atoms with Crippen molar-refractivity contribution in [1.29, 1.82) is 0 Å². The van der Waals surface area contributed by atoms with E-state index in [1.54, 1.807) is 0 Å². The van der Waals surface area contributed by atoms with Crippen LogP contribution in [0.2, 0.25) is 0 Å². The quantitative estimate of drug-likeness (QED) is 0.630. The third-order valence-corrected chi connectivity index (χ3v) is 3.12. The van der Waals surface area contributed by atoms with Crippen molar-refractivity contribution in [2.24, 2.45) is 15.9 Å². The molecule has 1 unspecified atom stereocenters. The van der Waals surface area contributed by atoms with Crippen molar-refractivity contribution in [3.63, 3.8) is 0 Å². The highest BCUT2D eigenvalue weighted by Gasteiger charge is 2.13. The molecule has 1 aliphatic heterocycles. The Kier molecular flexibility index (Phi) is 5.17. The largest absolute Gasteiger partial charge is 0.288 e. The van der Waals surface area contributed by atoms with Crippen molar-refractivity contribution in [2.45, 2.75) is 40.5 Å². The zero-order valence-corrected chi connectivity index (χ0v) is 10.8. The number of allylic oxidation sites excluding steroid dienone is 4. The molecule has 1 aliphatic rings.